The average Bonchev–Trinajstić information content (AvgIpc) is 3.11. The highest BCUT2D eigenvalue weighted by Gasteiger charge is 2.20. The molecular weight excluding hydrogens is 250 g/mol. The Balaban J connectivity index is 1.50. The largest absolute Gasteiger partial charge is 0.381 e. The summed E-state index contributed by atoms with van der Waals surface area (Å²) in [6.07, 6.45) is 11.9. The zero-order chi connectivity index (χ0) is 13.8. The fourth-order valence-corrected chi connectivity index (χ4v) is 3.58. The van der Waals surface area contributed by atoms with Crippen molar-refractivity contribution in [1.82, 2.24) is 9.78 Å². The second kappa shape index (κ2) is 6.72. The molecule has 2 heterocycles. The zero-order valence-electron chi connectivity index (χ0n) is 12.3. The van der Waals surface area contributed by atoms with Crippen molar-refractivity contribution in [1.29, 1.82) is 0 Å². The Morgan fingerprint density at radius 2 is 2.15 bits per heavy atom. The molecule has 0 spiro atoms. The third-order valence-corrected chi connectivity index (χ3v) is 4.74. The van der Waals surface area contributed by atoms with Crippen molar-refractivity contribution in [3.05, 3.63) is 18.0 Å². The number of nitrogens with zero attached hydrogens (tertiary/aromatic N) is 2. The van der Waals surface area contributed by atoms with Gasteiger partial charge in [0, 0.05) is 31.9 Å². The van der Waals surface area contributed by atoms with Crippen molar-refractivity contribution >= 4 is 0 Å². The van der Waals surface area contributed by atoms with E-state index in [4.69, 9.17) is 15.6 Å². The fourth-order valence-electron chi connectivity index (χ4n) is 3.58. The van der Waals surface area contributed by atoms with Gasteiger partial charge < -0.3 is 10.5 Å². The second-order valence-electron chi connectivity index (χ2n) is 6.51. The molecule has 1 aromatic heterocycles. The summed E-state index contributed by atoms with van der Waals surface area (Å²) in [6.45, 7) is 1.80. The number of ether oxygens (including phenoxy) is 1. The maximum absolute atomic E-state index is 6.27. The van der Waals surface area contributed by atoms with Crippen LogP contribution in [-0.2, 0) is 11.2 Å². The molecule has 0 radical (unpaired) electrons. The molecule has 2 unspecified atom stereocenters. The minimum atomic E-state index is 0.219. The summed E-state index contributed by atoms with van der Waals surface area (Å²) < 4.78 is 7.60. The Hall–Kier alpha value is -0.870. The van der Waals surface area contributed by atoms with Crippen LogP contribution >= 0.6 is 0 Å². The monoisotopic (exact) mass is 277 g/mol. The van der Waals surface area contributed by atoms with Crippen molar-refractivity contribution < 1.29 is 4.74 Å². The zero-order valence-corrected chi connectivity index (χ0v) is 12.3. The van der Waals surface area contributed by atoms with Crippen LogP contribution in [0.1, 0.15) is 56.7 Å². The molecule has 2 fully saturated rings. The third-order valence-electron chi connectivity index (χ3n) is 4.74. The SMILES string of the molecule is NC(Cc1ccn(C2CCCCC2)n1)CC1CCOC1. The summed E-state index contributed by atoms with van der Waals surface area (Å²) in [7, 11) is 0. The van der Waals surface area contributed by atoms with E-state index in [1.54, 1.807) is 0 Å². The molecule has 3 rings (SSSR count). The topological polar surface area (TPSA) is 53.1 Å². The highest BCUT2D eigenvalue weighted by atomic mass is 16.5. The van der Waals surface area contributed by atoms with Crippen molar-refractivity contribution in [3.63, 3.8) is 0 Å². The number of hydrogen-bond donors (Lipinski definition) is 1. The van der Waals surface area contributed by atoms with E-state index < -0.39 is 0 Å². The minimum absolute atomic E-state index is 0.219. The number of rotatable bonds is 5. The Kier molecular flexibility index (Phi) is 4.73. The van der Waals surface area contributed by atoms with Crippen molar-refractivity contribution in [3.8, 4) is 0 Å². The summed E-state index contributed by atoms with van der Waals surface area (Å²) in [5.41, 5.74) is 7.42. The van der Waals surface area contributed by atoms with Gasteiger partial charge in [-0.05, 0) is 37.7 Å². The predicted molar refractivity (Wildman–Crippen MR) is 79.6 cm³/mol. The lowest BCUT2D eigenvalue weighted by atomic mass is 9.96. The first-order valence-electron chi connectivity index (χ1n) is 8.18. The Labute approximate surface area is 121 Å². The van der Waals surface area contributed by atoms with Crippen molar-refractivity contribution in [2.75, 3.05) is 13.2 Å². The molecule has 1 aromatic rings. The first-order valence-corrected chi connectivity index (χ1v) is 8.18. The first-order chi connectivity index (χ1) is 9.81. The number of aromatic nitrogens is 2. The van der Waals surface area contributed by atoms with Gasteiger partial charge in [0.25, 0.3) is 0 Å². The van der Waals surface area contributed by atoms with Gasteiger partial charge in [-0.3, -0.25) is 4.68 Å². The van der Waals surface area contributed by atoms with Gasteiger partial charge in [0.05, 0.1) is 11.7 Å². The van der Waals surface area contributed by atoms with Gasteiger partial charge in [-0.25, -0.2) is 0 Å². The van der Waals surface area contributed by atoms with Crippen LogP contribution in [0, 0.1) is 5.92 Å². The molecule has 112 valence electrons. The van der Waals surface area contributed by atoms with Gasteiger partial charge in [0.15, 0.2) is 0 Å². The quantitative estimate of drug-likeness (QED) is 0.900. The van der Waals surface area contributed by atoms with E-state index in [2.05, 4.69) is 16.9 Å². The minimum Gasteiger partial charge on any atom is -0.381 e. The third kappa shape index (κ3) is 3.61. The summed E-state index contributed by atoms with van der Waals surface area (Å²) >= 11 is 0. The van der Waals surface area contributed by atoms with Crippen LogP contribution in [0.25, 0.3) is 0 Å². The summed E-state index contributed by atoms with van der Waals surface area (Å²) in [4.78, 5) is 0. The van der Waals surface area contributed by atoms with Crippen LogP contribution in [0.2, 0.25) is 0 Å². The molecule has 2 atom stereocenters. The van der Waals surface area contributed by atoms with Crippen LogP contribution < -0.4 is 5.73 Å². The Morgan fingerprint density at radius 3 is 2.90 bits per heavy atom. The standard InChI is InChI=1S/C16H27N3O/c17-14(10-13-7-9-20-12-13)11-15-6-8-19(18-15)16-4-2-1-3-5-16/h6,8,13-14,16H,1-5,7,9-12,17H2. The van der Waals surface area contributed by atoms with Crippen LogP contribution in [0.15, 0.2) is 12.3 Å². The molecule has 20 heavy (non-hydrogen) atoms. The maximum Gasteiger partial charge on any atom is 0.0640 e. The van der Waals surface area contributed by atoms with Crippen LogP contribution in [-0.4, -0.2) is 29.0 Å². The highest BCUT2D eigenvalue weighted by molar-refractivity contribution is 5.02. The molecule has 1 saturated carbocycles. The highest BCUT2D eigenvalue weighted by Crippen LogP contribution is 2.27. The van der Waals surface area contributed by atoms with Gasteiger partial charge >= 0.3 is 0 Å². The lowest BCUT2D eigenvalue weighted by molar-refractivity contribution is 0.182. The average molecular weight is 277 g/mol. The van der Waals surface area contributed by atoms with Crippen LogP contribution in [0.5, 0.6) is 0 Å². The maximum atomic E-state index is 6.27. The van der Waals surface area contributed by atoms with E-state index in [1.807, 2.05) is 0 Å². The molecular formula is C16H27N3O. The van der Waals surface area contributed by atoms with Gasteiger partial charge in [-0.1, -0.05) is 19.3 Å². The Morgan fingerprint density at radius 1 is 1.30 bits per heavy atom. The molecule has 1 aliphatic heterocycles. The van der Waals surface area contributed by atoms with Crippen molar-refractivity contribution in [2.24, 2.45) is 11.7 Å². The molecule has 1 saturated heterocycles. The van der Waals surface area contributed by atoms with E-state index in [-0.39, 0.29) is 6.04 Å². The van der Waals surface area contributed by atoms with Crippen molar-refractivity contribution in [2.45, 2.75) is 63.5 Å². The molecule has 2 aliphatic rings. The fraction of sp³-hybridized carbons (Fsp3) is 0.812. The molecule has 4 nitrogen and oxygen atoms in total. The second-order valence-corrected chi connectivity index (χ2v) is 6.51. The summed E-state index contributed by atoms with van der Waals surface area (Å²) in [5.74, 6) is 0.658. The van der Waals surface area contributed by atoms with E-state index >= 15 is 0 Å². The summed E-state index contributed by atoms with van der Waals surface area (Å²) in [5, 5.41) is 4.75. The predicted octanol–water partition coefficient (Wildman–Crippen LogP) is 2.68. The van der Waals surface area contributed by atoms with E-state index in [1.165, 1.54) is 38.5 Å². The van der Waals surface area contributed by atoms with Crippen LogP contribution in [0.3, 0.4) is 0 Å². The van der Waals surface area contributed by atoms with Gasteiger partial charge in [-0.2, -0.15) is 5.10 Å². The van der Waals surface area contributed by atoms with E-state index in [9.17, 15) is 0 Å². The first kappa shape index (κ1) is 14.1. The van der Waals surface area contributed by atoms with Crippen LogP contribution in [0.4, 0.5) is 0 Å². The Bertz CT molecular complexity index is 406. The molecule has 2 N–H and O–H groups in total. The molecule has 1 aliphatic carbocycles. The van der Waals surface area contributed by atoms with Gasteiger partial charge in [0.1, 0.15) is 0 Å². The summed E-state index contributed by atoms with van der Waals surface area (Å²) in [6, 6.07) is 2.99. The molecule has 4 heteroatoms. The lowest BCUT2D eigenvalue weighted by Crippen LogP contribution is -2.26. The normalized spacial score (nSPS) is 25.9. The van der Waals surface area contributed by atoms with E-state index in [0.717, 1.165) is 31.7 Å². The molecule has 0 amide bonds. The van der Waals surface area contributed by atoms with Gasteiger partial charge in [-0.15, -0.1) is 0 Å². The molecule has 0 aromatic carbocycles. The number of hydrogen-bond acceptors (Lipinski definition) is 3. The smallest absolute Gasteiger partial charge is 0.0640 e. The molecule has 0 bridgehead atoms. The van der Waals surface area contributed by atoms with E-state index in [0.29, 0.717) is 12.0 Å². The van der Waals surface area contributed by atoms with Gasteiger partial charge in [0.2, 0.25) is 0 Å². The lowest BCUT2D eigenvalue weighted by Gasteiger charge is -2.22. The number of nitrogens with two attached hydrogens (primary N) is 1.